The van der Waals surface area contributed by atoms with Gasteiger partial charge in [-0.15, -0.1) is 11.8 Å². The van der Waals surface area contributed by atoms with E-state index >= 15 is 0 Å². The molecule has 0 fully saturated rings. The number of carbonyl (C=O) groups is 4. The van der Waals surface area contributed by atoms with Crippen LogP contribution in [0.25, 0.3) is 0 Å². The van der Waals surface area contributed by atoms with Crippen LogP contribution in [0.4, 0.5) is 11.4 Å². The van der Waals surface area contributed by atoms with E-state index in [9.17, 15) is 19.2 Å². The quantitative estimate of drug-likeness (QED) is 0.521. The second kappa shape index (κ2) is 10.3. The van der Waals surface area contributed by atoms with Crippen molar-refractivity contribution < 1.29 is 23.9 Å². The molecule has 0 aliphatic rings. The van der Waals surface area contributed by atoms with Gasteiger partial charge in [0, 0.05) is 23.2 Å². The van der Waals surface area contributed by atoms with Crippen molar-refractivity contribution in [1.29, 1.82) is 0 Å². The number of anilines is 2. The van der Waals surface area contributed by atoms with Gasteiger partial charge in [-0.05, 0) is 37.3 Å². The van der Waals surface area contributed by atoms with Crippen molar-refractivity contribution in [3.8, 4) is 0 Å². The molecular formula is C20H20N2O5S. The number of thioether (sulfide) groups is 1. The minimum Gasteiger partial charge on any atom is -0.452 e. The third-order valence-corrected chi connectivity index (χ3v) is 4.56. The lowest BCUT2D eigenvalue weighted by atomic mass is 10.2. The number of esters is 1. The van der Waals surface area contributed by atoms with Gasteiger partial charge < -0.3 is 15.4 Å². The van der Waals surface area contributed by atoms with Gasteiger partial charge in [0.1, 0.15) is 5.78 Å². The van der Waals surface area contributed by atoms with Crippen LogP contribution in [0.3, 0.4) is 0 Å². The predicted molar refractivity (Wildman–Crippen MR) is 108 cm³/mol. The number of hydrogen-bond donors (Lipinski definition) is 2. The number of Topliss-reactive ketones (excluding diaryl/α,β-unsaturated/α-hetero) is 1. The molecule has 2 N–H and O–H groups in total. The fraction of sp³-hybridized carbons (Fsp3) is 0.200. The van der Waals surface area contributed by atoms with E-state index in [1.165, 1.54) is 25.6 Å². The van der Waals surface area contributed by atoms with E-state index < -0.39 is 18.5 Å². The highest BCUT2D eigenvalue weighted by molar-refractivity contribution is 8.00. The van der Waals surface area contributed by atoms with Crippen LogP contribution in [0.15, 0.2) is 53.4 Å². The van der Waals surface area contributed by atoms with Crippen LogP contribution in [-0.2, 0) is 19.1 Å². The standard InChI is InChI=1S/C20H20N2O5S/c1-13(23)12-28-18-9-4-3-8-17(18)20(26)27-11-19(25)22-16-7-5-6-15(10-16)21-14(2)24/h3-10H,11-12H2,1-2H3,(H,21,24)(H,22,25). The average Bonchev–Trinajstić information content (AvgIpc) is 2.64. The van der Waals surface area contributed by atoms with Gasteiger partial charge in [-0.3, -0.25) is 14.4 Å². The second-order valence-corrected chi connectivity index (χ2v) is 6.89. The zero-order chi connectivity index (χ0) is 20.5. The summed E-state index contributed by atoms with van der Waals surface area (Å²) in [5, 5.41) is 5.21. The lowest BCUT2D eigenvalue weighted by molar-refractivity contribution is -0.119. The molecule has 0 heterocycles. The molecule has 2 aromatic carbocycles. The SMILES string of the molecule is CC(=O)CSc1ccccc1C(=O)OCC(=O)Nc1cccc(NC(C)=O)c1. The van der Waals surface area contributed by atoms with Crippen molar-refractivity contribution in [2.24, 2.45) is 0 Å². The zero-order valence-corrected chi connectivity index (χ0v) is 16.3. The number of ether oxygens (including phenoxy) is 1. The minimum atomic E-state index is -0.645. The number of rotatable bonds is 8. The van der Waals surface area contributed by atoms with E-state index in [1.807, 2.05) is 0 Å². The summed E-state index contributed by atoms with van der Waals surface area (Å²) in [6, 6.07) is 13.4. The van der Waals surface area contributed by atoms with E-state index in [4.69, 9.17) is 4.74 Å². The molecule has 2 aromatic rings. The first-order valence-corrected chi connectivity index (χ1v) is 9.39. The molecule has 0 radical (unpaired) electrons. The number of ketones is 1. The summed E-state index contributed by atoms with van der Waals surface area (Å²) in [5.41, 5.74) is 1.30. The number of carbonyl (C=O) groups excluding carboxylic acids is 4. The highest BCUT2D eigenvalue weighted by atomic mass is 32.2. The van der Waals surface area contributed by atoms with E-state index in [1.54, 1.807) is 48.5 Å². The van der Waals surface area contributed by atoms with Crippen LogP contribution in [0, 0.1) is 0 Å². The number of hydrogen-bond acceptors (Lipinski definition) is 6. The van der Waals surface area contributed by atoms with Crippen molar-refractivity contribution in [3.05, 3.63) is 54.1 Å². The van der Waals surface area contributed by atoms with E-state index in [-0.39, 0.29) is 17.4 Å². The molecule has 0 atom stereocenters. The molecule has 146 valence electrons. The van der Waals surface area contributed by atoms with Gasteiger partial charge in [-0.1, -0.05) is 18.2 Å². The third kappa shape index (κ3) is 6.88. The van der Waals surface area contributed by atoms with Gasteiger partial charge in [-0.25, -0.2) is 4.79 Å². The Morgan fingerprint density at radius 1 is 0.929 bits per heavy atom. The summed E-state index contributed by atoms with van der Waals surface area (Å²) < 4.78 is 5.09. The predicted octanol–water partition coefficient (Wildman–Crippen LogP) is 3.12. The summed E-state index contributed by atoms with van der Waals surface area (Å²) >= 11 is 1.24. The lowest BCUT2D eigenvalue weighted by Gasteiger charge is -2.10. The first-order chi connectivity index (χ1) is 13.3. The molecule has 0 saturated heterocycles. The molecule has 0 saturated carbocycles. The van der Waals surface area contributed by atoms with Crippen LogP contribution >= 0.6 is 11.8 Å². The second-order valence-electron chi connectivity index (χ2n) is 5.87. The molecule has 8 heteroatoms. The van der Waals surface area contributed by atoms with Gasteiger partial charge in [-0.2, -0.15) is 0 Å². The van der Waals surface area contributed by atoms with Crippen molar-refractivity contribution in [1.82, 2.24) is 0 Å². The van der Waals surface area contributed by atoms with Crippen molar-refractivity contribution in [2.45, 2.75) is 18.7 Å². The Labute approximate surface area is 166 Å². The Balaban J connectivity index is 1.93. The van der Waals surface area contributed by atoms with Crippen LogP contribution in [0.1, 0.15) is 24.2 Å². The lowest BCUT2D eigenvalue weighted by Crippen LogP contribution is -2.21. The smallest absolute Gasteiger partial charge is 0.339 e. The van der Waals surface area contributed by atoms with Crippen LogP contribution in [-0.4, -0.2) is 35.9 Å². The first kappa shape index (κ1) is 21.2. The number of nitrogens with one attached hydrogen (secondary N) is 2. The van der Waals surface area contributed by atoms with Gasteiger partial charge in [0.2, 0.25) is 5.91 Å². The number of amides is 2. The molecule has 28 heavy (non-hydrogen) atoms. The molecule has 0 unspecified atom stereocenters. The highest BCUT2D eigenvalue weighted by Gasteiger charge is 2.15. The van der Waals surface area contributed by atoms with E-state index in [0.717, 1.165) is 0 Å². The molecule has 7 nitrogen and oxygen atoms in total. The normalized spacial score (nSPS) is 10.1. The fourth-order valence-electron chi connectivity index (χ4n) is 2.22. The third-order valence-electron chi connectivity index (χ3n) is 3.34. The van der Waals surface area contributed by atoms with Gasteiger partial charge in [0.25, 0.3) is 5.91 Å². The van der Waals surface area contributed by atoms with Crippen molar-refractivity contribution >= 4 is 46.7 Å². The summed E-state index contributed by atoms with van der Waals surface area (Å²) in [6.45, 7) is 2.39. The Bertz CT molecular complexity index is 898. The van der Waals surface area contributed by atoms with Crippen LogP contribution in [0.2, 0.25) is 0 Å². The van der Waals surface area contributed by atoms with Gasteiger partial charge in [0.15, 0.2) is 6.61 Å². The fourth-order valence-corrected chi connectivity index (χ4v) is 3.06. The topological polar surface area (TPSA) is 102 Å². The summed E-state index contributed by atoms with van der Waals surface area (Å²) in [6.07, 6.45) is 0. The Morgan fingerprint density at radius 3 is 2.29 bits per heavy atom. The molecule has 0 bridgehead atoms. The maximum absolute atomic E-state index is 12.3. The molecule has 0 aliphatic heterocycles. The zero-order valence-electron chi connectivity index (χ0n) is 15.5. The van der Waals surface area contributed by atoms with E-state index in [2.05, 4.69) is 10.6 Å². The van der Waals surface area contributed by atoms with Gasteiger partial charge in [0.05, 0.1) is 11.3 Å². The van der Waals surface area contributed by atoms with Crippen molar-refractivity contribution in [3.63, 3.8) is 0 Å². The van der Waals surface area contributed by atoms with Crippen LogP contribution < -0.4 is 10.6 Å². The largest absolute Gasteiger partial charge is 0.452 e. The average molecular weight is 400 g/mol. The van der Waals surface area contributed by atoms with Crippen molar-refractivity contribution in [2.75, 3.05) is 23.0 Å². The molecular weight excluding hydrogens is 380 g/mol. The highest BCUT2D eigenvalue weighted by Crippen LogP contribution is 2.23. The van der Waals surface area contributed by atoms with Crippen LogP contribution in [0.5, 0.6) is 0 Å². The summed E-state index contributed by atoms with van der Waals surface area (Å²) in [5.74, 6) is -1.14. The first-order valence-electron chi connectivity index (χ1n) is 8.41. The Morgan fingerprint density at radius 2 is 1.61 bits per heavy atom. The number of benzene rings is 2. The van der Waals surface area contributed by atoms with Gasteiger partial charge >= 0.3 is 5.97 Å². The Kier molecular flexibility index (Phi) is 7.76. The molecule has 2 rings (SSSR count). The minimum absolute atomic E-state index is 0.00552. The molecule has 2 amide bonds. The maximum atomic E-state index is 12.3. The van der Waals surface area contributed by atoms with E-state index in [0.29, 0.717) is 21.8 Å². The summed E-state index contributed by atoms with van der Waals surface area (Å²) in [7, 11) is 0. The molecule has 0 aliphatic carbocycles. The maximum Gasteiger partial charge on any atom is 0.339 e. The summed E-state index contributed by atoms with van der Waals surface area (Å²) in [4.78, 5) is 47.2. The molecule has 0 aromatic heterocycles. The molecule has 0 spiro atoms. The monoisotopic (exact) mass is 400 g/mol. The Hall–Kier alpha value is -3.13.